The van der Waals surface area contributed by atoms with E-state index in [2.05, 4.69) is 10.0 Å². The second-order valence-corrected chi connectivity index (χ2v) is 9.59. The minimum Gasteiger partial charge on any atom is -0.324 e. The van der Waals surface area contributed by atoms with Crippen LogP contribution in [0.2, 0.25) is 0 Å². The molecule has 0 saturated carbocycles. The fourth-order valence-corrected chi connectivity index (χ4v) is 5.15. The maximum atomic E-state index is 12.8. The predicted octanol–water partition coefficient (Wildman–Crippen LogP) is 3.74. The molecule has 2 N–H and O–H groups in total. The Morgan fingerprint density at radius 3 is 2.25 bits per heavy atom. The van der Waals surface area contributed by atoms with Crippen molar-refractivity contribution in [3.05, 3.63) is 29.3 Å². The van der Waals surface area contributed by atoms with Crippen LogP contribution in [-0.4, -0.2) is 37.2 Å². The molecule has 1 aromatic carbocycles. The Balaban J connectivity index is 2.25. The van der Waals surface area contributed by atoms with Gasteiger partial charge in [-0.15, -0.1) is 0 Å². The van der Waals surface area contributed by atoms with Crippen LogP contribution in [0.25, 0.3) is 0 Å². The molecule has 0 bridgehead atoms. The molecule has 2 rings (SSSR count). The zero-order valence-corrected chi connectivity index (χ0v) is 18.1. The number of hydrogen-bond acceptors (Lipinski definition) is 4. The third-order valence-corrected chi connectivity index (χ3v) is 6.73. The van der Waals surface area contributed by atoms with Gasteiger partial charge >= 0.3 is 6.03 Å². The number of anilines is 1. The van der Waals surface area contributed by atoms with E-state index in [4.69, 9.17) is 0 Å². The van der Waals surface area contributed by atoms with Crippen molar-refractivity contribution in [1.82, 2.24) is 9.62 Å². The standard InChI is InChI=1S/C20H31N3O4S/c1-6-23-17(24)11-8-12-18(23)28(26,27)22-20(25)21-19-15(13(2)3)9-7-10-16(19)14(4)5/h7,9-10,13-14,18H,6,8,11-12H2,1-5H3,(H2,21,22,25). The van der Waals surface area contributed by atoms with Crippen LogP contribution in [-0.2, 0) is 14.8 Å². The summed E-state index contributed by atoms with van der Waals surface area (Å²) < 4.78 is 27.7. The number of para-hydroxylation sites is 1. The number of likely N-dealkylation sites (tertiary alicyclic amines) is 1. The molecule has 0 aromatic heterocycles. The van der Waals surface area contributed by atoms with Crippen LogP contribution in [0.4, 0.5) is 10.5 Å². The lowest BCUT2D eigenvalue weighted by atomic mass is 9.93. The molecule has 0 spiro atoms. The molecule has 7 nitrogen and oxygen atoms in total. The van der Waals surface area contributed by atoms with Crippen molar-refractivity contribution >= 4 is 27.6 Å². The summed E-state index contributed by atoms with van der Waals surface area (Å²) in [4.78, 5) is 25.9. The number of urea groups is 1. The van der Waals surface area contributed by atoms with Gasteiger partial charge in [0, 0.05) is 18.7 Å². The van der Waals surface area contributed by atoms with Crippen molar-refractivity contribution in [2.24, 2.45) is 0 Å². The number of piperidine rings is 1. The average molecular weight is 410 g/mol. The number of amides is 3. The molecule has 156 valence electrons. The lowest BCUT2D eigenvalue weighted by molar-refractivity contribution is -0.134. The average Bonchev–Trinajstić information content (AvgIpc) is 2.60. The highest BCUT2D eigenvalue weighted by Crippen LogP contribution is 2.32. The molecule has 1 fully saturated rings. The summed E-state index contributed by atoms with van der Waals surface area (Å²) in [7, 11) is -4.02. The van der Waals surface area contributed by atoms with Crippen LogP contribution < -0.4 is 10.0 Å². The smallest absolute Gasteiger partial charge is 0.324 e. The fraction of sp³-hybridized carbons (Fsp3) is 0.600. The number of sulfonamides is 1. The Morgan fingerprint density at radius 2 is 1.75 bits per heavy atom. The summed E-state index contributed by atoms with van der Waals surface area (Å²) in [6.07, 6.45) is 1.16. The molecular weight excluding hydrogens is 378 g/mol. The molecule has 3 amide bonds. The van der Waals surface area contributed by atoms with Gasteiger partial charge in [0.15, 0.2) is 5.37 Å². The highest BCUT2D eigenvalue weighted by molar-refractivity contribution is 7.90. The Hall–Kier alpha value is -2.09. The van der Waals surface area contributed by atoms with E-state index >= 15 is 0 Å². The lowest BCUT2D eigenvalue weighted by Gasteiger charge is -2.34. The summed E-state index contributed by atoms with van der Waals surface area (Å²) in [6, 6.07) is 5.00. The maximum absolute atomic E-state index is 12.8. The number of carbonyl (C=O) groups is 2. The quantitative estimate of drug-likeness (QED) is 0.748. The van der Waals surface area contributed by atoms with Gasteiger partial charge in [-0.25, -0.2) is 17.9 Å². The second-order valence-electron chi connectivity index (χ2n) is 7.75. The highest BCUT2D eigenvalue weighted by Gasteiger charge is 2.37. The van der Waals surface area contributed by atoms with E-state index in [1.54, 1.807) is 6.92 Å². The maximum Gasteiger partial charge on any atom is 0.332 e. The van der Waals surface area contributed by atoms with Gasteiger partial charge in [0.05, 0.1) is 0 Å². The summed E-state index contributed by atoms with van der Waals surface area (Å²) in [5.41, 5.74) is 2.54. The summed E-state index contributed by atoms with van der Waals surface area (Å²) in [5, 5.41) is 1.73. The van der Waals surface area contributed by atoms with E-state index < -0.39 is 21.4 Å². The van der Waals surface area contributed by atoms with Crippen molar-refractivity contribution < 1.29 is 18.0 Å². The van der Waals surface area contributed by atoms with Gasteiger partial charge in [-0.05, 0) is 42.7 Å². The van der Waals surface area contributed by atoms with Crippen molar-refractivity contribution in [3.8, 4) is 0 Å². The SMILES string of the molecule is CCN1C(=O)CCCC1S(=O)(=O)NC(=O)Nc1c(C(C)C)cccc1C(C)C. The molecule has 0 radical (unpaired) electrons. The third-order valence-electron chi connectivity index (χ3n) is 5.05. The van der Waals surface area contributed by atoms with Gasteiger partial charge in [-0.2, -0.15) is 0 Å². The minimum absolute atomic E-state index is 0.164. The Labute approximate surface area is 167 Å². The topological polar surface area (TPSA) is 95.6 Å². The van der Waals surface area contributed by atoms with Crippen LogP contribution in [0.1, 0.15) is 76.8 Å². The molecule has 1 saturated heterocycles. The molecular formula is C20H31N3O4S. The van der Waals surface area contributed by atoms with Gasteiger partial charge in [0.2, 0.25) is 5.91 Å². The third kappa shape index (κ3) is 4.84. The second kappa shape index (κ2) is 8.94. The summed E-state index contributed by atoms with van der Waals surface area (Å²) >= 11 is 0. The monoisotopic (exact) mass is 409 g/mol. The number of nitrogens with zero attached hydrogens (tertiary/aromatic N) is 1. The van der Waals surface area contributed by atoms with Crippen LogP contribution in [0, 0.1) is 0 Å². The first kappa shape index (κ1) is 22.2. The highest BCUT2D eigenvalue weighted by atomic mass is 32.2. The lowest BCUT2D eigenvalue weighted by Crippen LogP contribution is -2.53. The number of nitrogens with one attached hydrogen (secondary N) is 2. The Morgan fingerprint density at radius 1 is 1.18 bits per heavy atom. The number of benzene rings is 1. The van der Waals surface area contributed by atoms with Crippen LogP contribution in [0.15, 0.2) is 18.2 Å². The molecule has 28 heavy (non-hydrogen) atoms. The van der Waals surface area contributed by atoms with Crippen LogP contribution in [0.5, 0.6) is 0 Å². The largest absolute Gasteiger partial charge is 0.332 e. The normalized spacial score (nSPS) is 17.9. The van der Waals surface area contributed by atoms with Gasteiger partial charge in [-0.3, -0.25) is 4.79 Å². The predicted molar refractivity (Wildman–Crippen MR) is 111 cm³/mol. The molecule has 1 heterocycles. The molecule has 1 aromatic rings. The molecule has 8 heteroatoms. The van der Waals surface area contributed by atoms with Gasteiger partial charge < -0.3 is 10.2 Å². The van der Waals surface area contributed by atoms with Crippen molar-refractivity contribution in [2.45, 2.75) is 71.1 Å². The Bertz CT molecular complexity index is 808. The number of carbonyl (C=O) groups excluding carboxylic acids is 2. The van der Waals surface area contributed by atoms with Crippen LogP contribution in [0.3, 0.4) is 0 Å². The first-order valence-electron chi connectivity index (χ1n) is 9.83. The zero-order chi connectivity index (χ0) is 21.1. The fourth-order valence-electron chi connectivity index (χ4n) is 3.62. The van der Waals surface area contributed by atoms with E-state index in [1.807, 2.05) is 45.9 Å². The van der Waals surface area contributed by atoms with E-state index in [1.165, 1.54) is 4.90 Å². The van der Waals surface area contributed by atoms with E-state index in [0.29, 0.717) is 31.5 Å². The Kier molecular flexibility index (Phi) is 7.09. The number of rotatable bonds is 6. The van der Waals surface area contributed by atoms with E-state index in [-0.39, 0.29) is 17.7 Å². The summed E-state index contributed by atoms with van der Waals surface area (Å²) in [5.74, 6) is 0.131. The molecule has 1 aliphatic heterocycles. The molecule has 1 aliphatic rings. The first-order chi connectivity index (χ1) is 13.1. The van der Waals surface area contributed by atoms with Crippen molar-refractivity contribution in [2.75, 3.05) is 11.9 Å². The van der Waals surface area contributed by atoms with Crippen LogP contribution >= 0.6 is 0 Å². The zero-order valence-electron chi connectivity index (χ0n) is 17.3. The van der Waals surface area contributed by atoms with E-state index in [0.717, 1.165) is 11.1 Å². The van der Waals surface area contributed by atoms with Crippen molar-refractivity contribution in [1.29, 1.82) is 0 Å². The van der Waals surface area contributed by atoms with Crippen molar-refractivity contribution in [3.63, 3.8) is 0 Å². The van der Waals surface area contributed by atoms with Gasteiger partial charge in [-0.1, -0.05) is 45.9 Å². The molecule has 0 aliphatic carbocycles. The first-order valence-corrected chi connectivity index (χ1v) is 11.4. The minimum atomic E-state index is -4.02. The van der Waals surface area contributed by atoms with Gasteiger partial charge in [0.1, 0.15) is 0 Å². The molecule has 1 atom stereocenters. The molecule has 1 unspecified atom stereocenters. The van der Waals surface area contributed by atoms with Gasteiger partial charge in [0.25, 0.3) is 10.0 Å². The van der Waals surface area contributed by atoms with E-state index in [9.17, 15) is 18.0 Å². The number of hydrogen-bond donors (Lipinski definition) is 2. The summed E-state index contributed by atoms with van der Waals surface area (Å²) in [6.45, 7) is 10.1.